The van der Waals surface area contributed by atoms with Crippen molar-refractivity contribution in [1.29, 1.82) is 0 Å². The predicted molar refractivity (Wildman–Crippen MR) is 66.8 cm³/mol. The summed E-state index contributed by atoms with van der Waals surface area (Å²) < 4.78 is 4.91. The number of aromatic nitrogens is 1. The Labute approximate surface area is 104 Å². The number of nitrogens with two attached hydrogens (primary N) is 1. The van der Waals surface area contributed by atoms with E-state index in [0.29, 0.717) is 0 Å². The Morgan fingerprint density at radius 2 is 2.11 bits per heavy atom. The number of nitrogens with one attached hydrogen (secondary N) is 1. The molecule has 0 aliphatic carbocycles. The van der Waals surface area contributed by atoms with E-state index in [2.05, 4.69) is 4.98 Å². The Morgan fingerprint density at radius 3 is 2.83 bits per heavy atom. The number of fused-ring (bicyclic) bond motifs is 1. The van der Waals surface area contributed by atoms with Crippen LogP contribution in [0.2, 0.25) is 0 Å². The number of amides is 1. The molecule has 1 heterocycles. The van der Waals surface area contributed by atoms with Gasteiger partial charge in [0.05, 0.1) is 6.42 Å². The van der Waals surface area contributed by atoms with Gasteiger partial charge >= 0.3 is 5.97 Å². The number of primary amides is 1. The number of hydrogen-bond acceptors (Lipinski definition) is 3. The number of rotatable bonds is 4. The van der Waals surface area contributed by atoms with Gasteiger partial charge < -0.3 is 15.5 Å². The van der Waals surface area contributed by atoms with Crippen LogP contribution in [0.1, 0.15) is 12.5 Å². The van der Waals surface area contributed by atoms with E-state index in [1.54, 1.807) is 6.20 Å². The second kappa shape index (κ2) is 4.91. The predicted octanol–water partition coefficient (Wildman–Crippen LogP) is 1.13. The van der Waals surface area contributed by atoms with Gasteiger partial charge in [0.2, 0.25) is 0 Å². The Hall–Kier alpha value is -2.30. The summed E-state index contributed by atoms with van der Waals surface area (Å²) in [7, 11) is 0. The first-order chi connectivity index (χ1) is 8.58. The summed E-state index contributed by atoms with van der Waals surface area (Å²) in [5, 5.41) is 0.973. The molecule has 0 bridgehead atoms. The SMILES string of the molecule is C[C@H](OC(=O)Cc1c[nH]c2ccccc12)C(N)=O. The topological polar surface area (TPSA) is 85.2 Å². The van der Waals surface area contributed by atoms with Gasteiger partial charge in [-0.25, -0.2) is 0 Å². The quantitative estimate of drug-likeness (QED) is 0.793. The molecule has 1 aromatic carbocycles. The van der Waals surface area contributed by atoms with Crippen molar-refractivity contribution in [3.8, 4) is 0 Å². The van der Waals surface area contributed by atoms with Crippen LogP contribution in [0.25, 0.3) is 10.9 Å². The molecular weight excluding hydrogens is 232 g/mol. The molecule has 3 N–H and O–H groups in total. The number of ether oxygens (including phenoxy) is 1. The summed E-state index contributed by atoms with van der Waals surface area (Å²) in [5.74, 6) is -1.12. The molecule has 0 saturated heterocycles. The van der Waals surface area contributed by atoms with Gasteiger partial charge in [-0.15, -0.1) is 0 Å². The zero-order chi connectivity index (χ0) is 13.1. The lowest BCUT2D eigenvalue weighted by atomic mass is 10.1. The van der Waals surface area contributed by atoms with Gasteiger partial charge in [0.15, 0.2) is 6.10 Å². The van der Waals surface area contributed by atoms with E-state index in [-0.39, 0.29) is 6.42 Å². The van der Waals surface area contributed by atoms with Crippen LogP contribution >= 0.6 is 0 Å². The number of carbonyl (C=O) groups excluding carboxylic acids is 2. The third-order valence-corrected chi connectivity index (χ3v) is 2.72. The molecule has 1 amide bonds. The molecule has 0 aliphatic rings. The van der Waals surface area contributed by atoms with E-state index >= 15 is 0 Å². The highest BCUT2D eigenvalue weighted by Gasteiger charge is 2.16. The number of benzene rings is 1. The molecule has 18 heavy (non-hydrogen) atoms. The van der Waals surface area contributed by atoms with Gasteiger partial charge in [0.1, 0.15) is 0 Å². The zero-order valence-corrected chi connectivity index (χ0v) is 9.97. The van der Waals surface area contributed by atoms with Crippen LogP contribution in [-0.2, 0) is 20.7 Å². The molecule has 2 aromatic rings. The lowest BCUT2D eigenvalue weighted by Crippen LogP contribution is -2.30. The second-order valence-electron chi connectivity index (χ2n) is 4.07. The molecule has 0 aliphatic heterocycles. The van der Waals surface area contributed by atoms with Gasteiger partial charge in [0, 0.05) is 17.1 Å². The number of H-pyrrole nitrogens is 1. The van der Waals surface area contributed by atoms with Gasteiger partial charge in [-0.3, -0.25) is 9.59 Å². The lowest BCUT2D eigenvalue weighted by molar-refractivity contribution is -0.153. The maximum absolute atomic E-state index is 11.6. The monoisotopic (exact) mass is 246 g/mol. The Morgan fingerprint density at radius 1 is 1.39 bits per heavy atom. The van der Waals surface area contributed by atoms with Crippen LogP contribution in [0.5, 0.6) is 0 Å². The second-order valence-corrected chi connectivity index (χ2v) is 4.07. The molecule has 5 heteroatoms. The molecule has 0 unspecified atom stereocenters. The largest absolute Gasteiger partial charge is 0.452 e. The minimum absolute atomic E-state index is 0.113. The third-order valence-electron chi connectivity index (χ3n) is 2.72. The minimum Gasteiger partial charge on any atom is -0.452 e. The van der Waals surface area contributed by atoms with Crippen molar-refractivity contribution in [1.82, 2.24) is 4.98 Å². The summed E-state index contributed by atoms with van der Waals surface area (Å²) >= 11 is 0. The fraction of sp³-hybridized carbons (Fsp3) is 0.231. The Bertz CT molecular complexity index is 589. The first kappa shape index (κ1) is 12.2. The van der Waals surface area contributed by atoms with Crippen LogP contribution in [-0.4, -0.2) is 23.0 Å². The van der Waals surface area contributed by atoms with Gasteiger partial charge in [0.25, 0.3) is 5.91 Å². The first-order valence-electron chi connectivity index (χ1n) is 5.61. The summed E-state index contributed by atoms with van der Waals surface area (Å²) in [6.07, 6.45) is 0.977. The van der Waals surface area contributed by atoms with E-state index in [9.17, 15) is 9.59 Å². The summed E-state index contributed by atoms with van der Waals surface area (Å²) in [6, 6.07) is 7.66. The third kappa shape index (κ3) is 2.51. The van der Waals surface area contributed by atoms with E-state index in [0.717, 1.165) is 16.5 Å². The zero-order valence-electron chi connectivity index (χ0n) is 9.97. The van der Waals surface area contributed by atoms with Crippen molar-refractivity contribution in [2.45, 2.75) is 19.4 Å². The molecule has 94 valence electrons. The van der Waals surface area contributed by atoms with Crippen LogP contribution in [0.3, 0.4) is 0 Å². The Kier molecular flexibility index (Phi) is 3.32. The van der Waals surface area contributed by atoms with Crippen molar-refractivity contribution in [2.24, 2.45) is 5.73 Å². The lowest BCUT2D eigenvalue weighted by Gasteiger charge is -2.08. The molecule has 5 nitrogen and oxygen atoms in total. The summed E-state index contributed by atoms with van der Waals surface area (Å²) in [5.41, 5.74) is 6.83. The van der Waals surface area contributed by atoms with Crippen molar-refractivity contribution in [2.75, 3.05) is 0 Å². The highest BCUT2D eigenvalue weighted by Crippen LogP contribution is 2.18. The van der Waals surface area contributed by atoms with Crippen molar-refractivity contribution in [3.63, 3.8) is 0 Å². The molecule has 2 rings (SSSR count). The molecular formula is C13H14N2O3. The fourth-order valence-corrected chi connectivity index (χ4v) is 1.73. The first-order valence-corrected chi connectivity index (χ1v) is 5.61. The number of hydrogen-bond donors (Lipinski definition) is 2. The van der Waals surface area contributed by atoms with Crippen LogP contribution in [0.4, 0.5) is 0 Å². The van der Waals surface area contributed by atoms with Crippen LogP contribution < -0.4 is 5.73 Å². The Balaban J connectivity index is 2.10. The molecule has 0 saturated carbocycles. The molecule has 1 atom stereocenters. The minimum atomic E-state index is -0.900. The number of carbonyl (C=O) groups is 2. The molecule has 0 spiro atoms. The van der Waals surface area contributed by atoms with E-state index in [1.165, 1.54) is 6.92 Å². The fourth-order valence-electron chi connectivity index (χ4n) is 1.73. The van der Waals surface area contributed by atoms with Crippen molar-refractivity contribution in [3.05, 3.63) is 36.0 Å². The van der Waals surface area contributed by atoms with Crippen molar-refractivity contribution < 1.29 is 14.3 Å². The van der Waals surface area contributed by atoms with Crippen LogP contribution in [0, 0.1) is 0 Å². The summed E-state index contributed by atoms with van der Waals surface area (Å²) in [4.78, 5) is 25.5. The maximum atomic E-state index is 11.6. The highest BCUT2D eigenvalue weighted by atomic mass is 16.5. The standard InChI is InChI=1S/C13H14N2O3/c1-8(13(14)17)18-12(16)6-9-7-15-11-5-3-2-4-10(9)11/h2-5,7-8,15H,6H2,1H3,(H2,14,17)/t8-/m0/s1. The highest BCUT2D eigenvalue weighted by molar-refractivity contribution is 5.88. The van der Waals surface area contributed by atoms with Crippen LogP contribution in [0.15, 0.2) is 30.5 Å². The average Bonchev–Trinajstić information content (AvgIpc) is 2.72. The number of para-hydroxylation sites is 1. The van der Waals surface area contributed by atoms with Gasteiger partial charge in [-0.1, -0.05) is 18.2 Å². The van der Waals surface area contributed by atoms with E-state index in [1.807, 2.05) is 24.3 Å². The summed E-state index contributed by atoms with van der Waals surface area (Å²) in [6.45, 7) is 1.45. The average molecular weight is 246 g/mol. The maximum Gasteiger partial charge on any atom is 0.311 e. The van der Waals surface area contributed by atoms with Crippen molar-refractivity contribution >= 4 is 22.8 Å². The van der Waals surface area contributed by atoms with Gasteiger partial charge in [-0.05, 0) is 18.6 Å². The number of aromatic amines is 1. The molecule has 0 fully saturated rings. The van der Waals surface area contributed by atoms with Gasteiger partial charge in [-0.2, -0.15) is 0 Å². The van der Waals surface area contributed by atoms with E-state index < -0.39 is 18.0 Å². The molecule has 1 aromatic heterocycles. The smallest absolute Gasteiger partial charge is 0.311 e. The molecule has 0 radical (unpaired) electrons. The van der Waals surface area contributed by atoms with E-state index in [4.69, 9.17) is 10.5 Å². The normalized spacial score (nSPS) is 12.3. The number of esters is 1.